The predicted molar refractivity (Wildman–Crippen MR) is 72.5 cm³/mol. The molecule has 1 rings (SSSR count). The number of alkyl carbamates (subject to hydrolysis) is 1. The van der Waals surface area contributed by atoms with Crippen LogP contribution >= 0.6 is 12.4 Å². The smallest absolute Gasteiger partial charge is 0.407 e. The number of hydrogen-bond donors (Lipinski definition) is 2. The molecule has 0 aliphatic heterocycles. The maximum atomic E-state index is 11.4. The van der Waals surface area contributed by atoms with Gasteiger partial charge in [-0.3, -0.25) is 4.98 Å². The number of amides is 1. The summed E-state index contributed by atoms with van der Waals surface area (Å²) in [5, 5.41) is 2.68. The van der Waals surface area contributed by atoms with Gasteiger partial charge in [0, 0.05) is 19.3 Å². The van der Waals surface area contributed by atoms with Crippen LogP contribution in [0.3, 0.4) is 0 Å². The summed E-state index contributed by atoms with van der Waals surface area (Å²) in [6, 6.07) is 3.69. The largest absolute Gasteiger partial charge is 0.444 e. The molecule has 0 fully saturated rings. The Bertz CT molecular complexity index is 391. The first-order chi connectivity index (χ1) is 7.90. The van der Waals surface area contributed by atoms with Crippen LogP contribution in [0.1, 0.15) is 32.0 Å². The highest BCUT2D eigenvalue weighted by molar-refractivity contribution is 5.85. The molecule has 0 bridgehead atoms. The Balaban J connectivity index is 0.00000289. The van der Waals surface area contributed by atoms with Crippen LogP contribution in [0.4, 0.5) is 4.79 Å². The van der Waals surface area contributed by atoms with Gasteiger partial charge in [-0.25, -0.2) is 4.79 Å². The number of ether oxygens (including phenoxy) is 1. The van der Waals surface area contributed by atoms with E-state index in [1.54, 1.807) is 6.20 Å². The van der Waals surface area contributed by atoms with Gasteiger partial charge in [0.25, 0.3) is 0 Å². The average Bonchev–Trinajstić information content (AvgIpc) is 2.24. The first-order valence-corrected chi connectivity index (χ1v) is 5.51. The van der Waals surface area contributed by atoms with Gasteiger partial charge in [0.05, 0.1) is 5.69 Å². The third-order valence-corrected chi connectivity index (χ3v) is 1.93. The summed E-state index contributed by atoms with van der Waals surface area (Å²) in [7, 11) is 0. The summed E-state index contributed by atoms with van der Waals surface area (Å²) in [6.45, 7) is 6.27. The van der Waals surface area contributed by atoms with E-state index in [0.717, 1.165) is 11.3 Å². The quantitative estimate of drug-likeness (QED) is 0.883. The van der Waals surface area contributed by atoms with E-state index in [4.69, 9.17) is 10.5 Å². The SMILES string of the molecule is CC(C)(C)OC(=O)NCc1ccnc(CN)c1.Cl. The van der Waals surface area contributed by atoms with E-state index in [1.807, 2.05) is 32.9 Å². The van der Waals surface area contributed by atoms with Crippen LogP contribution in [0.2, 0.25) is 0 Å². The Kier molecular flexibility index (Phi) is 6.65. The molecule has 6 heteroatoms. The van der Waals surface area contributed by atoms with Crippen LogP contribution in [0, 0.1) is 0 Å². The van der Waals surface area contributed by atoms with Gasteiger partial charge in [-0.1, -0.05) is 0 Å². The Morgan fingerprint density at radius 2 is 2.17 bits per heavy atom. The van der Waals surface area contributed by atoms with Gasteiger partial charge < -0.3 is 15.8 Å². The summed E-state index contributed by atoms with van der Waals surface area (Å²) in [5.41, 5.74) is 6.75. The predicted octanol–water partition coefficient (Wildman–Crippen LogP) is 1.99. The number of nitrogens with one attached hydrogen (secondary N) is 1. The number of nitrogens with zero attached hydrogens (tertiary/aromatic N) is 1. The van der Waals surface area contributed by atoms with Gasteiger partial charge in [-0.15, -0.1) is 12.4 Å². The fourth-order valence-electron chi connectivity index (χ4n) is 1.24. The van der Waals surface area contributed by atoms with E-state index >= 15 is 0 Å². The Hall–Kier alpha value is -1.33. The summed E-state index contributed by atoms with van der Waals surface area (Å²) < 4.78 is 5.13. The van der Waals surface area contributed by atoms with Crippen molar-refractivity contribution >= 4 is 18.5 Å². The van der Waals surface area contributed by atoms with E-state index < -0.39 is 11.7 Å². The highest BCUT2D eigenvalue weighted by Crippen LogP contribution is 2.07. The number of nitrogens with two attached hydrogens (primary N) is 1. The molecule has 0 saturated carbocycles. The first kappa shape index (κ1) is 16.7. The second kappa shape index (κ2) is 7.18. The average molecular weight is 274 g/mol. The van der Waals surface area contributed by atoms with Crippen molar-refractivity contribution in [1.29, 1.82) is 0 Å². The zero-order chi connectivity index (χ0) is 12.9. The van der Waals surface area contributed by atoms with Crippen LogP contribution in [0.25, 0.3) is 0 Å². The highest BCUT2D eigenvalue weighted by Gasteiger charge is 2.15. The molecule has 1 heterocycles. The van der Waals surface area contributed by atoms with E-state index in [0.29, 0.717) is 13.1 Å². The molecule has 18 heavy (non-hydrogen) atoms. The van der Waals surface area contributed by atoms with Crippen molar-refractivity contribution in [1.82, 2.24) is 10.3 Å². The number of carbonyl (C=O) groups is 1. The number of carbonyl (C=O) groups excluding carboxylic acids is 1. The van der Waals surface area contributed by atoms with Gasteiger partial charge in [-0.05, 0) is 38.5 Å². The second-order valence-electron chi connectivity index (χ2n) is 4.71. The van der Waals surface area contributed by atoms with Crippen LogP contribution in [-0.4, -0.2) is 16.7 Å². The number of rotatable bonds is 3. The molecule has 0 aromatic carbocycles. The lowest BCUT2D eigenvalue weighted by atomic mass is 10.2. The van der Waals surface area contributed by atoms with E-state index in [-0.39, 0.29) is 12.4 Å². The van der Waals surface area contributed by atoms with Crippen LogP contribution in [0.5, 0.6) is 0 Å². The molecule has 0 aliphatic carbocycles. The van der Waals surface area contributed by atoms with Gasteiger partial charge in [-0.2, -0.15) is 0 Å². The van der Waals surface area contributed by atoms with E-state index in [2.05, 4.69) is 10.3 Å². The van der Waals surface area contributed by atoms with Crippen molar-refractivity contribution in [3.05, 3.63) is 29.6 Å². The van der Waals surface area contributed by atoms with Crippen molar-refractivity contribution in [2.24, 2.45) is 5.73 Å². The van der Waals surface area contributed by atoms with Gasteiger partial charge in [0.15, 0.2) is 0 Å². The third kappa shape index (κ3) is 6.42. The molecule has 0 aliphatic rings. The maximum Gasteiger partial charge on any atom is 0.407 e. The summed E-state index contributed by atoms with van der Waals surface area (Å²) >= 11 is 0. The normalized spacial score (nSPS) is 10.4. The fourth-order valence-corrected chi connectivity index (χ4v) is 1.24. The standard InChI is InChI=1S/C12H19N3O2.ClH/c1-12(2,3)17-11(16)15-8-9-4-5-14-10(6-9)7-13;/h4-6H,7-8,13H2,1-3H3,(H,15,16);1H. The molecule has 0 spiro atoms. The molecule has 0 atom stereocenters. The zero-order valence-corrected chi connectivity index (χ0v) is 11.7. The lowest BCUT2D eigenvalue weighted by molar-refractivity contribution is 0.0523. The molecule has 102 valence electrons. The number of hydrogen-bond acceptors (Lipinski definition) is 4. The lowest BCUT2D eigenvalue weighted by Gasteiger charge is -2.19. The molecule has 1 aromatic heterocycles. The minimum Gasteiger partial charge on any atom is -0.444 e. The monoisotopic (exact) mass is 273 g/mol. The lowest BCUT2D eigenvalue weighted by Crippen LogP contribution is -2.32. The number of aromatic nitrogens is 1. The maximum absolute atomic E-state index is 11.4. The van der Waals surface area contributed by atoms with Gasteiger partial charge >= 0.3 is 6.09 Å². The van der Waals surface area contributed by atoms with Gasteiger partial charge in [0.2, 0.25) is 0 Å². The second-order valence-corrected chi connectivity index (χ2v) is 4.71. The minimum absolute atomic E-state index is 0. The number of pyridine rings is 1. The highest BCUT2D eigenvalue weighted by atomic mass is 35.5. The Labute approximate surface area is 114 Å². The summed E-state index contributed by atoms with van der Waals surface area (Å²) in [6.07, 6.45) is 1.25. The molecule has 1 aromatic rings. The molecule has 0 saturated heterocycles. The Morgan fingerprint density at radius 3 is 2.72 bits per heavy atom. The van der Waals surface area contributed by atoms with Crippen LogP contribution in [0.15, 0.2) is 18.3 Å². The molecular formula is C12H20ClN3O2. The van der Waals surface area contributed by atoms with Crippen molar-refractivity contribution in [2.45, 2.75) is 39.5 Å². The zero-order valence-electron chi connectivity index (χ0n) is 10.9. The van der Waals surface area contributed by atoms with Crippen LogP contribution in [-0.2, 0) is 17.8 Å². The molecule has 5 nitrogen and oxygen atoms in total. The van der Waals surface area contributed by atoms with Crippen molar-refractivity contribution in [2.75, 3.05) is 0 Å². The molecule has 0 radical (unpaired) electrons. The first-order valence-electron chi connectivity index (χ1n) is 5.51. The van der Waals surface area contributed by atoms with Crippen molar-refractivity contribution in [3.8, 4) is 0 Å². The third-order valence-electron chi connectivity index (χ3n) is 1.93. The van der Waals surface area contributed by atoms with Crippen LogP contribution < -0.4 is 11.1 Å². The van der Waals surface area contributed by atoms with Crippen molar-refractivity contribution in [3.63, 3.8) is 0 Å². The molecule has 0 unspecified atom stereocenters. The molecular weight excluding hydrogens is 254 g/mol. The van der Waals surface area contributed by atoms with Gasteiger partial charge in [0.1, 0.15) is 5.60 Å². The van der Waals surface area contributed by atoms with E-state index in [1.165, 1.54) is 0 Å². The molecule has 3 N–H and O–H groups in total. The van der Waals surface area contributed by atoms with E-state index in [9.17, 15) is 4.79 Å². The fraction of sp³-hybridized carbons (Fsp3) is 0.500. The molecule has 1 amide bonds. The summed E-state index contributed by atoms with van der Waals surface area (Å²) in [4.78, 5) is 15.5. The number of halogens is 1. The Morgan fingerprint density at radius 1 is 1.50 bits per heavy atom. The topological polar surface area (TPSA) is 77.2 Å². The van der Waals surface area contributed by atoms with Crippen molar-refractivity contribution < 1.29 is 9.53 Å². The minimum atomic E-state index is -0.481. The summed E-state index contributed by atoms with van der Waals surface area (Å²) in [5.74, 6) is 0.